The molecule has 2 aromatic carbocycles. The third kappa shape index (κ3) is 6.03. The van der Waals surface area contributed by atoms with Crippen LogP contribution in [0.5, 0.6) is 0 Å². The second-order valence-electron chi connectivity index (χ2n) is 7.28. The van der Waals surface area contributed by atoms with E-state index in [4.69, 9.17) is 4.52 Å². The quantitative estimate of drug-likeness (QED) is 0.492. The Labute approximate surface area is 175 Å². The zero-order valence-electron chi connectivity index (χ0n) is 16.8. The van der Waals surface area contributed by atoms with Crippen LogP contribution in [0.1, 0.15) is 41.5 Å². The maximum absolute atomic E-state index is 13.6. The number of aromatic nitrogens is 2. The zero-order chi connectivity index (χ0) is 22.6. The molecule has 31 heavy (non-hydrogen) atoms. The maximum Gasteiger partial charge on any atom is 0.418 e. The lowest BCUT2D eigenvalue weighted by atomic mass is 10.1. The van der Waals surface area contributed by atoms with Gasteiger partial charge >= 0.3 is 6.18 Å². The van der Waals surface area contributed by atoms with E-state index in [0.29, 0.717) is 18.2 Å². The van der Waals surface area contributed by atoms with Crippen molar-refractivity contribution in [1.29, 1.82) is 0 Å². The number of alkyl halides is 3. The molecule has 0 aliphatic rings. The number of amides is 1. The van der Waals surface area contributed by atoms with Crippen LogP contribution in [-0.2, 0) is 19.1 Å². The summed E-state index contributed by atoms with van der Waals surface area (Å²) in [5.41, 5.74) is -1.10. The Kier molecular flexibility index (Phi) is 6.57. The number of nitrogens with one attached hydrogen (secondary N) is 2. The Morgan fingerprint density at radius 2 is 1.84 bits per heavy atom. The molecule has 0 unspecified atom stereocenters. The minimum Gasteiger partial charge on any atom is -0.376 e. The molecule has 3 rings (SSSR count). The summed E-state index contributed by atoms with van der Waals surface area (Å²) < 4.78 is 58.7. The predicted molar refractivity (Wildman–Crippen MR) is 106 cm³/mol. The van der Waals surface area contributed by atoms with Crippen molar-refractivity contribution in [3.05, 3.63) is 71.1 Å². The van der Waals surface area contributed by atoms with E-state index >= 15 is 0 Å². The van der Waals surface area contributed by atoms with Gasteiger partial charge in [-0.25, -0.2) is 4.39 Å². The van der Waals surface area contributed by atoms with Gasteiger partial charge in [0.25, 0.3) is 5.91 Å². The van der Waals surface area contributed by atoms with E-state index in [-0.39, 0.29) is 29.4 Å². The lowest BCUT2D eigenvalue weighted by molar-refractivity contribution is -0.136. The highest BCUT2D eigenvalue weighted by atomic mass is 19.4. The average Bonchev–Trinajstić information content (AvgIpc) is 3.13. The second kappa shape index (κ2) is 9.15. The van der Waals surface area contributed by atoms with Crippen LogP contribution in [0.15, 0.2) is 47.0 Å². The summed E-state index contributed by atoms with van der Waals surface area (Å²) in [4.78, 5) is 16.4. The van der Waals surface area contributed by atoms with Gasteiger partial charge in [0.15, 0.2) is 5.82 Å². The fourth-order valence-electron chi connectivity index (χ4n) is 2.80. The summed E-state index contributed by atoms with van der Waals surface area (Å²) in [6.45, 7) is 3.88. The van der Waals surface area contributed by atoms with Crippen LogP contribution >= 0.6 is 0 Å². The molecule has 0 atom stereocenters. The first kappa shape index (κ1) is 22.3. The molecule has 0 saturated heterocycles. The van der Waals surface area contributed by atoms with Crippen molar-refractivity contribution in [1.82, 2.24) is 10.1 Å². The Balaban J connectivity index is 1.74. The van der Waals surface area contributed by atoms with E-state index < -0.39 is 23.5 Å². The molecule has 0 fully saturated rings. The monoisotopic (exact) mass is 436 g/mol. The lowest BCUT2D eigenvalue weighted by Crippen LogP contribution is -2.15. The first-order chi connectivity index (χ1) is 14.6. The van der Waals surface area contributed by atoms with Gasteiger partial charge in [-0.05, 0) is 48.4 Å². The van der Waals surface area contributed by atoms with Gasteiger partial charge in [0.05, 0.1) is 12.1 Å². The van der Waals surface area contributed by atoms with Crippen molar-refractivity contribution < 1.29 is 26.9 Å². The highest BCUT2D eigenvalue weighted by Gasteiger charge is 2.34. The number of benzene rings is 2. The Hall–Kier alpha value is -3.43. The molecule has 3 aromatic rings. The molecule has 10 heteroatoms. The maximum atomic E-state index is 13.6. The largest absolute Gasteiger partial charge is 0.418 e. The van der Waals surface area contributed by atoms with Gasteiger partial charge in [-0.2, -0.15) is 18.2 Å². The van der Waals surface area contributed by atoms with Gasteiger partial charge in [-0.15, -0.1) is 0 Å². The van der Waals surface area contributed by atoms with Crippen molar-refractivity contribution in [3.63, 3.8) is 0 Å². The lowest BCUT2D eigenvalue weighted by Gasteiger charge is -2.16. The van der Waals surface area contributed by atoms with E-state index in [1.54, 1.807) is 0 Å². The summed E-state index contributed by atoms with van der Waals surface area (Å²) in [5, 5.41) is 8.83. The van der Waals surface area contributed by atoms with Gasteiger partial charge in [-0.1, -0.05) is 19.0 Å². The van der Waals surface area contributed by atoms with Crippen LogP contribution in [0.4, 0.5) is 28.9 Å². The molecule has 1 amide bonds. The molecule has 2 N–H and O–H groups in total. The van der Waals surface area contributed by atoms with Crippen LogP contribution in [0.2, 0.25) is 0 Å². The molecule has 0 radical (unpaired) electrons. The molecule has 6 nitrogen and oxygen atoms in total. The summed E-state index contributed by atoms with van der Waals surface area (Å²) in [5.74, 6) is -0.214. The highest BCUT2D eigenvalue weighted by molar-refractivity contribution is 6.04. The van der Waals surface area contributed by atoms with Gasteiger partial charge < -0.3 is 15.2 Å². The van der Waals surface area contributed by atoms with E-state index in [0.717, 1.165) is 18.2 Å². The number of carbonyl (C=O) groups excluding carboxylic acids is 1. The third-order valence-corrected chi connectivity index (χ3v) is 4.22. The number of nitrogens with zero attached hydrogens (tertiary/aromatic N) is 2. The van der Waals surface area contributed by atoms with Crippen LogP contribution < -0.4 is 10.6 Å². The van der Waals surface area contributed by atoms with Crippen LogP contribution in [0.3, 0.4) is 0 Å². The van der Waals surface area contributed by atoms with Gasteiger partial charge in [0.1, 0.15) is 5.82 Å². The second-order valence-corrected chi connectivity index (χ2v) is 7.28. The standard InChI is InChI=1S/C21H20F4N4O2/c1-12(2)9-18-28-19(31-29-18)11-26-17-8-7-15(10-16(17)21(23,24)25)27-20(30)13-3-5-14(22)6-4-13/h3-8,10,12,26H,9,11H2,1-2H3,(H,27,30). The molecule has 0 bridgehead atoms. The van der Waals surface area contributed by atoms with Crippen molar-refractivity contribution in [2.24, 2.45) is 5.92 Å². The fourth-order valence-corrected chi connectivity index (χ4v) is 2.80. The van der Waals surface area contributed by atoms with E-state index in [1.165, 1.54) is 24.3 Å². The first-order valence-corrected chi connectivity index (χ1v) is 9.45. The van der Waals surface area contributed by atoms with Crippen molar-refractivity contribution >= 4 is 17.3 Å². The molecule has 1 aromatic heterocycles. The van der Waals surface area contributed by atoms with Gasteiger partial charge in [0.2, 0.25) is 5.89 Å². The van der Waals surface area contributed by atoms with Gasteiger partial charge in [-0.3, -0.25) is 4.79 Å². The smallest absolute Gasteiger partial charge is 0.376 e. The molecule has 0 saturated carbocycles. The van der Waals surface area contributed by atoms with Crippen molar-refractivity contribution in [2.45, 2.75) is 33.0 Å². The molecule has 1 heterocycles. The Morgan fingerprint density at radius 1 is 1.13 bits per heavy atom. The van der Waals surface area contributed by atoms with E-state index in [9.17, 15) is 22.4 Å². The summed E-state index contributed by atoms with van der Waals surface area (Å²) in [6, 6.07) is 8.01. The topological polar surface area (TPSA) is 80.0 Å². The van der Waals surface area contributed by atoms with Gasteiger partial charge in [0, 0.05) is 23.4 Å². The van der Waals surface area contributed by atoms with Crippen LogP contribution in [0.25, 0.3) is 0 Å². The Morgan fingerprint density at radius 3 is 2.48 bits per heavy atom. The molecular formula is C21H20F4N4O2. The van der Waals surface area contributed by atoms with E-state index in [1.807, 2.05) is 13.8 Å². The van der Waals surface area contributed by atoms with Crippen molar-refractivity contribution in [2.75, 3.05) is 10.6 Å². The number of hydrogen-bond acceptors (Lipinski definition) is 5. The summed E-state index contributed by atoms with van der Waals surface area (Å²) in [6.07, 6.45) is -4.07. The summed E-state index contributed by atoms with van der Waals surface area (Å²) in [7, 11) is 0. The minimum atomic E-state index is -4.67. The van der Waals surface area contributed by atoms with Crippen molar-refractivity contribution in [3.8, 4) is 0 Å². The van der Waals surface area contributed by atoms with Crippen LogP contribution in [-0.4, -0.2) is 16.0 Å². The third-order valence-electron chi connectivity index (χ3n) is 4.22. The average molecular weight is 436 g/mol. The number of carbonyl (C=O) groups is 1. The molecular weight excluding hydrogens is 416 g/mol. The molecule has 164 valence electrons. The first-order valence-electron chi connectivity index (χ1n) is 9.45. The number of rotatable bonds is 7. The number of anilines is 2. The molecule has 0 aliphatic carbocycles. The van der Waals surface area contributed by atoms with Crippen LogP contribution in [0, 0.1) is 11.7 Å². The highest BCUT2D eigenvalue weighted by Crippen LogP contribution is 2.37. The molecule has 0 aliphatic heterocycles. The number of hydrogen-bond donors (Lipinski definition) is 2. The Bertz CT molecular complexity index is 1050. The normalized spacial score (nSPS) is 11.6. The van der Waals surface area contributed by atoms with E-state index in [2.05, 4.69) is 20.8 Å². The summed E-state index contributed by atoms with van der Waals surface area (Å²) >= 11 is 0. The fraction of sp³-hybridized carbons (Fsp3) is 0.286. The zero-order valence-corrected chi connectivity index (χ0v) is 16.8. The molecule has 0 spiro atoms. The number of halogens is 4. The minimum absolute atomic E-state index is 0.0517. The predicted octanol–water partition coefficient (Wildman–Crippen LogP) is 5.29. The SMILES string of the molecule is CC(C)Cc1noc(CNc2ccc(NC(=O)c3ccc(F)cc3)cc2C(F)(F)F)n1.